The summed E-state index contributed by atoms with van der Waals surface area (Å²) >= 11 is 0. The van der Waals surface area contributed by atoms with Crippen LogP contribution in [0.1, 0.15) is 0 Å². The zero-order valence-electron chi connectivity index (χ0n) is 15.8. The highest BCUT2D eigenvalue weighted by Gasteiger charge is 2.15. The molecule has 0 aliphatic carbocycles. The Balaban J connectivity index is 1.79. The molecule has 0 saturated carbocycles. The van der Waals surface area contributed by atoms with Crippen LogP contribution in [0.15, 0.2) is 39.9 Å². The average molecular weight is 378 g/mol. The van der Waals surface area contributed by atoms with Crippen LogP contribution in [0.2, 0.25) is 0 Å². The molecule has 0 saturated heterocycles. The molecule has 0 spiro atoms. The van der Waals surface area contributed by atoms with Crippen molar-refractivity contribution in [2.75, 3.05) is 38.7 Å². The lowest BCUT2D eigenvalue weighted by atomic mass is 10.3. The molecule has 9 heteroatoms. The van der Waals surface area contributed by atoms with Crippen LogP contribution in [0.3, 0.4) is 0 Å². The smallest absolute Gasteiger partial charge is 0.332 e. The van der Waals surface area contributed by atoms with Gasteiger partial charge in [-0.15, -0.1) is 0 Å². The predicted molar refractivity (Wildman–Crippen MR) is 103 cm³/mol. The predicted octanol–water partition coefficient (Wildman–Crippen LogP) is -0.466. The van der Waals surface area contributed by atoms with E-state index in [2.05, 4.69) is 10.6 Å². The average Bonchev–Trinajstić information content (AvgIpc) is 2.69. The lowest BCUT2D eigenvalue weighted by Gasteiger charge is -2.16. The molecule has 0 bridgehead atoms. The van der Waals surface area contributed by atoms with E-state index in [4.69, 9.17) is 9.47 Å². The minimum Gasteiger partial charge on any atom is -0.491 e. The van der Waals surface area contributed by atoms with Crippen molar-refractivity contribution < 1.29 is 14.6 Å². The van der Waals surface area contributed by atoms with Crippen molar-refractivity contribution in [3.05, 3.63) is 51.2 Å². The molecule has 0 aliphatic heterocycles. The maximum Gasteiger partial charge on any atom is 0.332 e. The Hall–Kier alpha value is -2.78. The fraction of sp³-hybridized carbons (Fsp3) is 0.444. The minimum absolute atomic E-state index is 0.0795. The first kappa shape index (κ1) is 20.5. The van der Waals surface area contributed by atoms with Gasteiger partial charge in [-0.2, -0.15) is 0 Å². The number of hydrogen-bond acceptors (Lipinski definition) is 7. The molecule has 1 aromatic carbocycles. The molecular formula is C18H26N4O5. The first-order valence-electron chi connectivity index (χ1n) is 8.60. The van der Waals surface area contributed by atoms with E-state index in [1.54, 1.807) is 7.05 Å². The van der Waals surface area contributed by atoms with E-state index in [1.807, 2.05) is 30.3 Å². The Morgan fingerprint density at radius 1 is 1.11 bits per heavy atom. The second kappa shape index (κ2) is 9.79. The fourth-order valence-corrected chi connectivity index (χ4v) is 2.50. The van der Waals surface area contributed by atoms with E-state index >= 15 is 0 Å². The van der Waals surface area contributed by atoms with Gasteiger partial charge < -0.3 is 25.2 Å². The fourth-order valence-electron chi connectivity index (χ4n) is 2.50. The van der Waals surface area contributed by atoms with Crippen LogP contribution in [-0.2, 0) is 14.1 Å². The molecule has 3 N–H and O–H groups in total. The van der Waals surface area contributed by atoms with Crippen LogP contribution in [0.5, 0.6) is 11.5 Å². The number of aliphatic hydroxyl groups is 1. The molecule has 0 aliphatic rings. The van der Waals surface area contributed by atoms with Crippen molar-refractivity contribution in [2.24, 2.45) is 14.1 Å². The van der Waals surface area contributed by atoms with Crippen molar-refractivity contribution in [3.63, 3.8) is 0 Å². The van der Waals surface area contributed by atoms with Crippen LogP contribution in [0, 0.1) is 0 Å². The highest BCUT2D eigenvalue weighted by atomic mass is 16.5. The third-order valence-corrected chi connectivity index (χ3v) is 3.99. The lowest BCUT2D eigenvalue weighted by Crippen LogP contribution is -2.39. The number of benzene rings is 1. The molecule has 1 heterocycles. The Labute approximate surface area is 157 Å². The van der Waals surface area contributed by atoms with Crippen molar-refractivity contribution >= 4 is 5.82 Å². The number of aromatic nitrogens is 2. The summed E-state index contributed by atoms with van der Waals surface area (Å²) in [5.41, 5.74) is -0.936. The van der Waals surface area contributed by atoms with E-state index in [-0.39, 0.29) is 12.4 Å². The first-order chi connectivity index (χ1) is 13.0. The molecule has 148 valence electrons. The highest BCUT2D eigenvalue weighted by Crippen LogP contribution is 2.15. The molecule has 1 atom stereocenters. The van der Waals surface area contributed by atoms with Gasteiger partial charge in [-0.3, -0.25) is 13.9 Å². The Morgan fingerprint density at radius 2 is 1.81 bits per heavy atom. The summed E-state index contributed by atoms with van der Waals surface area (Å²) in [7, 11) is 4.34. The van der Waals surface area contributed by atoms with Gasteiger partial charge in [0.1, 0.15) is 18.5 Å². The molecular weight excluding hydrogens is 352 g/mol. The van der Waals surface area contributed by atoms with E-state index in [9.17, 15) is 14.7 Å². The number of rotatable bonds is 10. The number of aliphatic hydroxyl groups excluding tert-OH is 1. The van der Waals surface area contributed by atoms with E-state index < -0.39 is 17.4 Å². The van der Waals surface area contributed by atoms with Crippen LogP contribution >= 0.6 is 0 Å². The third-order valence-electron chi connectivity index (χ3n) is 3.99. The van der Waals surface area contributed by atoms with Crippen molar-refractivity contribution in [1.82, 2.24) is 14.5 Å². The Kier molecular flexibility index (Phi) is 7.44. The zero-order chi connectivity index (χ0) is 19.8. The summed E-state index contributed by atoms with van der Waals surface area (Å²) in [6.45, 7) is 1.47. The molecule has 2 aromatic rings. The van der Waals surface area contributed by atoms with Gasteiger partial charge in [0, 0.05) is 33.7 Å². The second-order valence-corrected chi connectivity index (χ2v) is 6.00. The highest BCUT2D eigenvalue weighted by molar-refractivity contribution is 5.49. The molecule has 1 unspecified atom stereocenters. The second-order valence-electron chi connectivity index (χ2n) is 6.00. The number of nitrogens with one attached hydrogen (secondary N) is 2. The molecule has 0 fully saturated rings. The molecule has 2 rings (SSSR count). The number of methoxy groups -OCH3 is 1. The van der Waals surface area contributed by atoms with Gasteiger partial charge in [-0.25, -0.2) is 4.79 Å². The van der Waals surface area contributed by atoms with Gasteiger partial charge in [0.2, 0.25) is 5.75 Å². The molecule has 0 radical (unpaired) electrons. The number of anilines is 1. The van der Waals surface area contributed by atoms with Gasteiger partial charge in [-0.05, 0) is 12.1 Å². The summed E-state index contributed by atoms with van der Waals surface area (Å²) in [6, 6.07) is 9.27. The van der Waals surface area contributed by atoms with Gasteiger partial charge in [0.05, 0.1) is 7.11 Å². The zero-order valence-corrected chi connectivity index (χ0v) is 15.8. The first-order valence-corrected chi connectivity index (χ1v) is 8.60. The Morgan fingerprint density at radius 3 is 2.48 bits per heavy atom. The standard InChI is InChI=1S/C18H26N4O5/c1-21-16(15(26-3)17(24)22(2)18(21)25)20-10-9-19-11-13(23)12-27-14-7-5-4-6-8-14/h4-8,13,19-20,23H,9-12H2,1-3H3. The summed E-state index contributed by atoms with van der Waals surface area (Å²) in [6.07, 6.45) is -0.659. The van der Waals surface area contributed by atoms with E-state index in [0.29, 0.717) is 31.2 Å². The monoisotopic (exact) mass is 378 g/mol. The van der Waals surface area contributed by atoms with Crippen LogP contribution in [-0.4, -0.2) is 53.7 Å². The Bertz CT molecular complexity index is 847. The van der Waals surface area contributed by atoms with Gasteiger partial charge in [-0.1, -0.05) is 18.2 Å². The normalized spacial score (nSPS) is 11.9. The maximum atomic E-state index is 12.1. The summed E-state index contributed by atoms with van der Waals surface area (Å²) in [5, 5.41) is 16.0. The molecule has 0 amide bonds. The summed E-state index contributed by atoms with van der Waals surface area (Å²) in [5.74, 6) is 1.10. The van der Waals surface area contributed by atoms with E-state index in [1.165, 1.54) is 18.7 Å². The molecule has 27 heavy (non-hydrogen) atoms. The van der Waals surface area contributed by atoms with Gasteiger partial charge >= 0.3 is 11.2 Å². The van der Waals surface area contributed by atoms with Gasteiger partial charge in [0.15, 0.2) is 5.82 Å². The van der Waals surface area contributed by atoms with Crippen LogP contribution < -0.4 is 31.4 Å². The van der Waals surface area contributed by atoms with Crippen LogP contribution in [0.4, 0.5) is 5.82 Å². The largest absolute Gasteiger partial charge is 0.491 e. The minimum atomic E-state index is -0.659. The quantitative estimate of drug-likeness (QED) is 0.480. The summed E-state index contributed by atoms with van der Waals surface area (Å²) < 4.78 is 12.9. The number of ether oxygens (including phenoxy) is 2. The van der Waals surface area contributed by atoms with Crippen molar-refractivity contribution in [3.8, 4) is 11.5 Å². The third kappa shape index (κ3) is 5.35. The maximum absolute atomic E-state index is 12.1. The summed E-state index contributed by atoms with van der Waals surface area (Å²) in [4.78, 5) is 24.1. The van der Waals surface area contributed by atoms with Crippen LogP contribution in [0.25, 0.3) is 0 Å². The van der Waals surface area contributed by atoms with E-state index in [0.717, 1.165) is 4.57 Å². The molecule has 9 nitrogen and oxygen atoms in total. The SMILES string of the molecule is COc1c(NCCNCC(O)COc2ccccc2)n(C)c(=O)n(C)c1=O. The number of nitrogens with zero attached hydrogens (tertiary/aromatic N) is 2. The van der Waals surface area contributed by atoms with Gasteiger partial charge in [0.25, 0.3) is 0 Å². The lowest BCUT2D eigenvalue weighted by molar-refractivity contribution is 0.107. The van der Waals surface area contributed by atoms with Crippen molar-refractivity contribution in [2.45, 2.75) is 6.10 Å². The van der Waals surface area contributed by atoms with Crippen molar-refractivity contribution in [1.29, 1.82) is 0 Å². The molecule has 1 aromatic heterocycles. The topological polar surface area (TPSA) is 107 Å². The number of para-hydroxylation sites is 1. The number of hydrogen-bond donors (Lipinski definition) is 3.